The Labute approximate surface area is 125 Å². The number of rotatable bonds is 10. The molecule has 0 atom stereocenters. The zero-order valence-electron chi connectivity index (χ0n) is 11.2. The first-order valence-corrected chi connectivity index (χ1v) is 5.08. The van der Waals surface area contributed by atoms with Gasteiger partial charge in [-0.3, -0.25) is 0 Å². The van der Waals surface area contributed by atoms with Crippen molar-refractivity contribution in [3.63, 3.8) is 0 Å². The van der Waals surface area contributed by atoms with Crippen LogP contribution in [0.5, 0.6) is 0 Å². The van der Waals surface area contributed by atoms with E-state index in [9.17, 15) is 0 Å². The SMILES string of the molecule is CCN=NN=NN=NN=NN=NN=NN=NN=NN=NN=NN. The second-order valence-corrected chi connectivity index (χ2v) is 2.18. The second kappa shape index (κ2) is 17.8. The third kappa shape index (κ3) is 17.8. The molecule has 0 aromatic heterocycles. The standard InChI is InChI=1S/C2H7N21/c1-2-4-6-8-10-12-14-16-18-20-22-23-21-19-17-15-13-11-9-7-5-3/h2H2,1H3,(H2,3,4,7,8,11,12,15,16,19,20,23). The number of nitrogens with two attached hydrogens (primary N) is 1. The molecule has 0 aromatic rings. The highest BCUT2D eigenvalue weighted by Gasteiger charge is 1.71. The Hall–Kier alpha value is -4.20. The van der Waals surface area contributed by atoms with Gasteiger partial charge in [0.1, 0.15) is 0 Å². The van der Waals surface area contributed by atoms with Crippen LogP contribution in [-0.2, 0) is 0 Å². The van der Waals surface area contributed by atoms with Crippen molar-refractivity contribution in [1.29, 1.82) is 0 Å². The summed E-state index contributed by atoms with van der Waals surface area (Å²) in [6, 6.07) is 0. The smallest absolute Gasteiger partial charge is 0.0593 e. The molecule has 0 radical (unpaired) electrons. The maximum Gasteiger partial charge on any atom is 0.0593 e. The molecule has 0 bridgehead atoms. The average Bonchev–Trinajstić information content (AvgIpc) is 2.57. The van der Waals surface area contributed by atoms with Gasteiger partial charge in [-0.25, -0.2) is 0 Å². The normalized spacial score (nSPS) is 14.7. The summed E-state index contributed by atoms with van der Waals surface area (Å²) in [4.78, 5) is 0. The molecule has 0 saturated heterocycles. The number of hydrogen-bond acceptors (Lipinski definition) is 2. The van der Waals surface area contributed by atoms with Crippen LogP contribution in [0.15, 0.2) is 104 Å². The van der Waals surface area contributed by atoms with Crippen molar-refractivity contribution >= 4 is 0 Å². The summed E-state index contributed by atoms with van der Waals surface area (Å²) < 4.78 is 0. The average molecular weight is 325 g/mol. The van der Waals surface area contributed by atoms with Crippen LogP contribution < -0.4 is 5.84 Å². The van der Waals surface area contributed by atoms with E-state index in [4.69, 9.17) is 0 Å². The van der Waals surface area contributed by atoms with Gasteiger partial charge in [-0.15, -0.1) is 0 Å². The van der Waals surface area contributed by atoms with E-state index in [0.29, 0.717) is 6.54 Å². The van der Waals surface area contributed by atoms with Crippen LogP contribution in [-0.4, -0.2) is 6.54 Å². The van der Waals surface area contributed by atoms with Crippen LogP contribution in [0.25, 0.3) is 0 Å². The van der Waals surface area contributed by atoms with E-state index in [1.54, 1.807) is 6.92 Å². The highest BCUT2D eigenvalue weighted by molar-refractivity contribution is 4.19. The maximum atomic E-state index is 4.61. The lowest BCUT2D eigenvalue weighted by Gasteiger charge is -1.71. The van der Waals surface area contributed by atoms with Gasteiger partial charge in [0.05, 0.1) is 6.54 Å². The predicted molar refractivity (Wildman–Crippen MR) is 63.3 cm³/mol. The van der Waals surface area contributed by atoms with Crippen molar-refractivity contribution in [2.75, 3.05) is 6.54 Å². The molecule has 21 heteroatoms. The largest absolute Gasteiger partial charge is 0.303 e. The lowest BCUT2D eigenvalue weighted by molar-refractivity contribution is 0.736. The van der Waals surface area contributed by atoms with E-state index in [1.165, 1.54) is 0 Å². The summed E-state index contributed by atoms with van der Waals surface area (Å²) in [5.41, 5.74) is 0. The quantitative estimate of drug-likeness (QED) is 0.351. The van der Waals surface area contributed by atoms with Crippen molar-refractivity contribution in [3.8, 4) is 0 Å². The Bertz CT molecular complexity index is 548. The first kappa shape index (κ1) is 18.8. The highest BCUT2D eigenvalue weighted by Crippen LogP contribution is 1.89. The Morgan fingerprint density at radius 3 is 0.957 bits per heavy atom. The molecule has 0 spiro atoms. The van der Waals surface area contributed by atoms with Crippen LogP contribution >= 0.6 is 0 Å². The van der Waals surface area contributed by atoms with Crippen LogP contribution in [0.4, 0.5) is 0 Å². The first-order valence-electron chi connectivity index (χ1n) is 5.08. The van der Waals surface area contributed by atoms with E-state index in [2.05, 4.69) is 110 Å². The molecular weight excluding hydrogens is 318 g/mol. The Morgan fingerprint density at radius 2 is 0.696 bits per heavy atom. The van der Waals surface area contributed by atoms with E-state index in [0.717, 1.165) is 0 Å². The predicted octanol–water partition coefficient (Wildman–Crippen LogP) is 3.64. The second-order valence-electron chi connectivity index (χ2n) is 2.18. The molecule has 2 N–H and O–H groups in total. The summed E-state index contributed by atoms with van der Waals surface area (Å²) in [7, 11) is 0. The van der Waals surface area contributed by atoms with Gasteiger partial charge < -0.3 is 5.84 Å². The number of nitrogens with zero attached hydrogens (tertiary/aromatic N) is 20. The Kier molecular flexibility index (Phi) is 14.5. The molecule has 0 amide bonds. The zero-order valence-corrected chi connectivity index (χ0v) is 11.2. The summed E-state index contributed by atoms with van der Waals surface area (Å²) in [5.74, 6) is 4.61. The monoisotopic (exact) mass is 325 g/mol. The fourth-order valence-electron chi connectivity index (χ4n) is 0.401. The lowest BCUT2D eigenvalue weighted by atomic mass is 10.8. The van der Waals surface area contributed by atoms with Gasteiger partial charge >= 0.3 is 0 Å². The van der Waals surface area contributed by atoms with Crippen molar-refractivity contribution in [1.82, 2.24) is 0 Å². The molecule has 120 valence electrons. The van der Waals surface area contributed by atoms with E-state index in [-0.39, 0.29) is 0 Å². The zero-order chi connectivity index (χ0) is 16.8. The minimum absolute atomic E-state index is 0.472. The fraction of sp³-hybridized carbons (Fsp3) is 1.00. The van der Waals surface area contributed by atoms with Crippen LogP contribution in [0, 0.1) is 0 Å². The topological polar surface area (TPSA) is 273 Å². The van der Waals surface area contributed by atoms with Crippen molar-refractivity contribution < 1.29 is 0 Å². The molecule has 0 aliphatic heterocycles. The number of hydrogen-bond donors (Lipinski definition) is 1. The van der Waals surface area contributed by atoms with Crippen molar-refractivity contribution in [2.24, 2.45) is 110 Å². The van der Waals surface area contributed by atoms with Gasteiger partial charge in [0, 0.05) is 15.7 Å². The molecule has 23 heavy (non-hydrogen) atoms. The van der Waals surface area contributed by atoms with Crippen LogP contribution in [0.3, 0.4) is 0 Å². The molecule has 0 fully saturated rings. The van der Waals surface area contributed by atoms with E-state index >= 15 is 0 Å². The summed E-state index contributed by atoms with van der Waals surface area (Å²) in [6.45, 7) is 2.24. The van der Waals surface area contributed by atoms with E-state index < -0.39 is 0 Å². The van der Waals surface area contributed by atoms with Gasteiger partial charge in [0.25, 0.3) is 0 Å². The van der Waals surface area contributed by atoms with E-state index in [1.807, 2.05) is 0 Å². The third-order valence-electron chi connectivity index (χ3n) is 0.936. The molecular formula is C2H7N21. The third-order valence-corrected chi connectivity index (χ3v) is 0.936. The van der Waals surface area contributed by atoms with Crippen LogP contribution in [0.2, 0.25) is 0 Å². The Morgan fingerprint density at radius 1 is 0.435 bits per heavy atom. The molecule has 0 saturated carbocycles. The van der Waals surface area contributed by atoms with Gasteiger partial charge in [-0.1, -0.05) is 5.22 Å². The summed E-state index contributed by atoms with van der Waals surface area (Å²) in [5, 5.41) is 60.6. The molecule has 0 aliphatic rings. The maximum absolute atomic E-state index is 4.61. The molecule has 21 nitrogen and oxygen atoms in total. The van der Waals surface area contributed by atoms with Gasteiger partial charge in [0.2, 0.25) is 0 Å². The first-order chi connectivity index (χ1) is 11.4. The summed E-state index contributed by atoms with van der Waals surface area (Å²) >= 11 is 0. The summed E-state index contributed by atoms with van der Waals surface area (Å²) in [6.07, 6.45) is 0. The molecule has 0 rings (SSSR count). The Balaban J connectivity index is 3.88. The van der Waals surface area contributed by atoms with Gasteiger partial charge in [-0.05, 0) is 85.3 Å². The van der Waals surface area contributed by atoms with Crippen molar-refractivity contribution in [3.05, 3.63) is 0 Å². The molecule has 0 heterocycles. The lowest BCUT2D eigenvalue weighted by Crippen LogP contribution is -1.70. The fourth-order valence-corrected chi connectivity index (χ4v) is 0.401. The minimum Gasteiger partial charge on any atom is -0.303 e. The van der Waals surface area contributed by atoms with Gasteiger partial charge in [-0.2, -0.15) is 5.11 Å². The molecule has 0 aromatic carbocycles. The minimum atomic E-state index is 0.472. The molecule has 0 unspecified atom stereocenters. The van der Waals surface area contributed by atoms with Crippen LogP contribution in [0.1, 0.15) is 6.92 Å². The highest BCUT2D eigenvalue weighted by atomic mass is 15.7. The van der Waals surface area contributed by atoms with Crippen molar-refractivity contribution in [2.45, 2.75) is 6.92 Å². The molecule has 0 aliphatic carbocycles. The van der Waals surface area contributed by atoms with Gasteiger partial charge in [0.15, 0.2) is 0 Å².